The number of nitro groups is 1. The number of nitrogens with zero attached hydrogens (tertiary/aromatic N) is 3. The molecule has 2 aromatic carbocycles. The van der Waals surface area contributed by atoms with Crippen LogP contribution in [0.1, 0.15) is 27.7 Å². The van der Waals surface area contributed by atoms with E-state index in [2.05, 4.69) is 4.98 Å². The van der Waals surface area contributed by atoms with Gasteiger partial charge in [0.05, 0.1) is 21.9 Å². The molecule has 0 saturated carbocycles. The SMILES string of the molecule is O=C1c2oc3ccc(Cl)cc3c(=O)c2[C@@H](c2cccc([N+](=O)[O-])c2)N1c1nccs1. The molecule has 2 aromatic heterocycles. The molecular formula is C20H10ClN3O5S. The molecular weight excluding hydrogens is 430 g/mol. The lowest BCUT2D eigenvalue weighted by atomic mass is 9.98. The van der Waals surface area contributed by atoms with Crippen LogP contribution >= 0.6 is 22.9 Å². The Balaban J connectivity index is 1.83. The van der Waals surface area contributed by atoms with Crippen LogP contribution < -0.4 is 10.3 Å². The van der Waals surface area contributed by atoms with Crippen molar-refractivity contribution in [3.63, 3.8) is 0 Å². The number of fused-ring (bicyclic) bond motifs is 2. The van der Waals surface area contributed by atoms with Gasteiger partial charge < -0.3 is 4.42 Å². The molecule has 0 bridgehead atoms. The van der Waals surface area contributed by atoms with Crippen molar-refractivity contribution in [2.24, 2.45) is 0 Å². The second-order valence-corrected chi connectivity index (χ2v) is 7.87. The van der Waals surface area contributed by atoms with Gasteiger partial charge in [0, 0.05) is 28.7 Å². The fourth-order valence-electron chi connectivity index (χ4n) is 3.60. The summed E-state index contributed by atoms with van der Waals surface area (Å²) < 4.78 is 5.80. The fraction of sp³-hybridized carbons (Fsp3) is 0.0500. The molecule has 8 nitrogen and oxygen atoms in total. The molecule has 0 unspecified atom stereocenters. The Labute approximate surface area is 177 Å². The third-order valence-corrected chi connectivity index (χ3v) is 5.86. The van der Waals surface area contributed by atoms with Gasteiger partial charge in [-0.1, -0.05) is 23.7 Å². The largest absolute Gasteiger partial charge is 0.450 e. The Kier molecular flexibility index (Phi) is 4.16. The van der Waals surface area contributed by atoms with Gasteiger partial charge in [0.2, 0.25) is 5.76 Å². The topological polar surface area (TPSA) is 107 Å². The standard InChI is InChI=1S/C20H10ClN3O5S/c21-11-4-5-14-13(9-11)17(25)15-16(10-2-1-3-12(8-10)24(27)28)23(19(26)18(15)29-14)20-22-6-7-30-20/h1-9,16H/t16-/m1/s1. The van der Waals surface area contributed by atoms with Gasteiger partial charge in [0.1, 0.15) is 5.58 Å². The molecule has 30 heavy (non-hydrogen) atoms. The highest BCUT2D eigenvalue weighted by atomic mass is 35.5. The van der Waals surface area contributed by atoms with Crippen LogP contribution in [0, 0.1) is 10.1 Å². The highest BCUT2D eigenvalue weighted by Gasteiger charge is 2.45. The number of thiazole rings is 1. The molecule has 0 fully saturated rings. The number of benzene rings is 2. The van der Waals surface area contributed by atoms with Gasteiger partial charge in [-0.2, -0.15) is 0 Å². The normalized spacial score (nSPS) is 15.6. The molecule has 1 amide bonds. The minimum Gasteiger partial charge on any atom is -0.450 e. The van der Waals surface area contributed by atoms with Gasteiger partial charge in [0.15, 0.2) is 10.6 Å². The van der Waals surface area contributed by atoms with Gasteiger partial charge >= 0.3 is 0 Å². The Hall–Kier alpha value is -3.56. The first-order valence-corrected chi connectivity index (χ1v) is 9.95. The number of halogens is 1. The first-order chi connectivity index (χ1) is 14.5. The predicted molar refractivity (Wildman–Crippen MR) is 111 cm³/mol. The molecule has 0 aliphatic carbocycles. The van der Waals surface area contributed by atoms with Crippen molar-refractivity contribution in [2.75, 3.05) is 4.90 Å². The van der Waals surface area contributed by atoms with E-state index in [0.717, 1.165) is 0 Å². The zero-order chi connectivity index (χ0) is 21.0. The van der Waals surface area contributed by atoms with Crippen molar-refractivity contribution in [2.45, 2.75) is 6.04 Å². The number of anilines is 1. The molecule has 1 aliphatic heterocycles. The number of rotatable bonds is 3. The number of nitro benzene ring substituents is 1. The molecule has 1 aliphatic rings. The molecule has 0 radical (unpaired) electrons. The maximum absolute atomic E-state index is 13.4. The van der Waals surface area contributed by atoms with Gasteiger partial charge in [-0.05, 0) is 23.8 Å². The smallest absolute Gasteiger partial charge is 0.297 e. The van der Waals surface area contributed by atoms with Crippen LogP contribution in [0.5, 0.6) is 0 Å². The highest BCUT2D eigenvalue weighted by Crippen LogP contribution is 2.42. The first-order valence-electron chi connectivity index (χ1n) is 8.69. The molecule has 0 saturated heterocycles. The van der Waals surface area contributed by atoms with E-state index >= 15 is 0 Å². The maximum Gasteiger partial charge on any atom is 0.297 e. The summed E-state index contributed by atoms with van der Waals surface area (Å²) in [6.07, 6.45) is 1.53. The number of non-ortho nitro benzene ring substituents is 1. The van der Waals surface area contributed by atoms with E-state index in [0.29, 0.717) is 15.7 Å². The summed E-state index contributed by atoms with van der Waals surface area (Å²) in [5, 5.41) is 13.9. The Morgan fingerprint density at radius 3 is 2.77 bits per heavy atom. The van der Waals surface area contributed by atoms with E-state index < -0.39 is 22.3 Å². The van der Waals surface area contributed by atoms with Crippen LogP contribution in [-0.2, 0) is 0 Å². The van der Waals surface area contributed by atoms with Crippen molar-refractivity contribution in [3.8, 4) is 0 Å². The minimum atomic E-state index is -0.918. The molecule has 148 valence electrons. The monoisotopic (exact) mass is 439 g/mol. The molecule has 3 heterocycles. The average Bonchev–Trinajstić information content (AvgIpc) is 3.35. The van der Waals surface area contributed by atoms with Crippen LogP contribution in [-0.4, -0.2) is 15.8 Å². The summed E-state index contributed by atoms with van der Waals surface area (Å²) in [6.45, 7) is 0. The highest BCUT2D eigenvalue weighted by molar-refractivity contribution is 7.13. The van der Waals surface area contributed by atoms with Crippen molar-refractivity contribution >= 4 is 50.6 Å². The maximum atomic E-state index is 13.4. The van der Waals surface area contributed by atoms with Gasteiger partial charge in [-0.3, -0.25) is 24.6 Å². The number of carbonyl (C=O) groups is 1. The molecule has 0 N–H and O–H groups in total. The van der Waals surface area contributed by atoms with Crippen LogP contribution in [0.3, 0.4) is 0 Å². The van der Waals surface area contributed by atoms with E-state index in [9.17, 15) is 19.7 Å². The summed E-state index contributed by atoms with van der Waals surface area (Å²) in [5.41, 5.74) is 0.166. The number of amides is 1. The lowest BCUT2D eigenvalue weighted by Gasteiger charge is -2.22. The molecule has 4 aromatic rings. The quantitative estimate of drug-likeness (QED) is 0.342. The summed E-state index contributed by atoms with van der Waals surface area (Å²) in [7, 11) is 0. The molecule has 0 spiro atoms. The number of carbonyl (C=O) groups excluding carboxylic acids is 1. The lowest BCUT2D eigenvalue weighted by Crippen LogP contribution is -2.29. The second kappa shape index (κ2) is 6.75. The molecule has 5 rings (SSSR count). The van der Waals surface area contributed by atoms with Crippen molar-refractivity contribution in [1.29, 1.82) is 0 Å². The van der Waals surface area contributed by atoms with Crippen LogP contribution in [0.2, 0.25) is 5.02 Å². The van der Waals surface area contributed by atoms with E-state index in [1.807, 2.05) is 0 Å². The minimum absolute atomic E-state index is 0.102. The van der Waals surface area contributed by atoms with Crippen LogP contribution in [0.25, 0.3) is 11.0 Å². The van der Waals surface area contributed by atoms with Crippen LogP contribution in [0.4, 0.5) is 10.8 Å². The van der Waals surface area contributed by atoms with Gasteiger partial charge in [-0.25, -0.2) is 4.98 Å². The summed E-state index contributed by atoms with van der Waals surface area (Å²) >= 11 is 7.26. The van der Waals surface area contributed by atoms with E-state index in [1.165, 1.54) is 52.8 Å². The number of hydrogen-bond acceptors (Lipinski definition) is 7. The zero-order valence-corrected chi connectivity index (χ0v) is 16.5. The van der Waals surface area contributed by atoms with Crippen molar-refractivity contribution < 1.29 is 14.1 Å². The first kappa shape index (κ1) is 18.5. The van der Waals surface area contributed by atoms with Crippen molar-refractivity contribution in [1.82, 2.24) is 4.98 Å². The zero-order valence-electron chi connectivity index (χ0n) is 14.9. The van der Waals surface area contributed by atoms with E-state index in [-0.39, 0.29) is 28.0 Å². The average molecular weight is 440 g/mol. The van der Waals surface area contributed by atoms with Gasteiger partial charge in [-0.15, -0.1) is 11.3 Å². The fourth-order valence-corrected chi connectivity index (χ4v) is 4.44. The summed E-state index contributed by atoms with van der Waals surface area (Å²) in [6, 6.07) is 9.48. The Morgan fingerprint density at radius 2 is 2.03 bits per heavy atom. The molecule has 1 atom stereocenters. The van der Waals surface area contributed by atoms with Gasteiger partial charge in [0.25, 0.3) is 11.6 Å². The Morgan fingerprint density at radius 1 is 1.20 bits per heavy atom. The lowest BCUT2D eigenvalue weighted by molar-refractivity contribution is -0.384. The predicted octanol–water partition coefficient (Wildman–Crippen LogP) is 4.56. The number of hydrogen-bond donors (Lipinski definition) is 0. The third-order valence-electron chi connectivity index (χ3n) is 4.85. The summed E-state index contributed by atoms with van der Waals surface area (Å²) in [5.74, 6) is -0.646. The third kappa shape index (κ3) is 2.71. The van der Waals surface area contributed by atoms with Crippen molar-refractivity contribution in [3.05, 3.63) is 96.3 Å². The number of aromatic nitrogens is 1. The van der Waals surface area contributed by atoms with E-state index in [1.54, 1.807) is 17.5 Å². The Bertz CT molecular complexity index is 1400. The van der Waals surface area contributed by atoms with E-state index in [4.69, 9.17) is 16.0 Å². The summed E-state index contributed by atoms with van der Waals surface area (Å²) in [4.78, 5) is 42.9. The second-order valence-electron chi connectivity index (χ2n) is 6.56. The molecule has 10 heteroatoms. The van der Waals surface area contributed by atoms with Crippen LogP contribution in [0.15, 0.2) is 63.3 Å².